The minimum Gasteiger partial charge on any atom is -0.465 e. The van der Waals surface area contributed by atoms with Crippen molar-refractivity contribution >= 4 is 5.91 Å². The number of furan rings is 1. The van der Waals surface area contributed by atoms with Gasteiger partial charge in [-0.15, -0.1) is 0 Å². The molecule has 1 heterocycles. The highest BCUT2D eigenvalue weighted by atomic mass is 16.3. The minimum atomic E-state index is 0.0868. The van der Waals surface area contributed by atoms with Crippen LogP contribution in [0, 0.1) is 0 Å². The molecule has 1 aromatic heterocycles. The van der Waals surface area contributed by atoms with Crippen molar-refractivity contribution in [3.05, 3.63) is 23.7 Å². The summed E-state index contributed by atoms with van der Waals surface area (Å²) in [5.74, 6) is 2.01. The third kappa shape index (κ3) is 4.49. The number of carbonyl (C=O) groups excluding carboxylic acids is 1. The Kier molecular flexibility index (Phi) is 5.64. The lowest BCUT2D eigenvalue weighted by Gasteiger charge is -2.03. The van der Waals surface area contributed by atoms with Crippen molar-refractivity contribution in [2.45, 2.75) is 33.2 Å². The minimum absolute atomic E-state index is 0.0868. The second-order valence-electron chi connectivity index (χ2n) is 3.60. The zero-order valence-corrected chi connectivity index (χ0v) is 10.0. The van der Waals surface area contributed by atoms with Gasteiger partial charge in [-0.2, -0.15) is 0 Å². The molecular weight excluding hydrogens is 204 g/mol. The molecule has 0 aliphatic carbocycles. The monoisotopic (exact) mass is 224 g/mol. The third-order valence-electron chi connectivity index (χ3n) is 2.27. The molecule has 4 nitrogen and oxygen atoms in total. The molecule has 0 bridgehead atoms. The van der Waals surface area contributed by atoms with Gasteiger partial charge in [0.05, 0.1) is 6.54 Å². The van der Waals surface area contributed by atoms with Gasteiger partial charge < -0.3 is 15.1 Å². The largest absolute Gasteiger partial charge is 0.465 e. The van der Waals surface area contributed by atoms with Crippen LogP contribution in [0.4, 0.5) is 0 Å². The van der Waals surface area contributed by atoms with Gasteiger partial charge in [0.2, 0.25) is 5.91 Å². The zero-order chi connectivity index (χ0) is 11.8. The number of hydrogen-bond acceptors (Lipinski definition) is 3. The molecular formula is C12H20N2O2. The average molecular weight is 224 g/mol. The highest BCUT2D eigenvalue weighted by Gasteiger charge is 2.01. The molecule has 0 radical (unpaired) electrons. The van der Waals surface area contributed by atoms with E-state index in [9.17, 15) is 4.79 Å². The Balaban J connectivity index is 2.13. The summed E-state index contributed by atoms with van der Waals surface area (Å²) in [6, 6.07) is 3.96. The number of amides is 1. The van der Waals surface area contributed by atoms with Crippen LogP contribution in [0.3, 0.4) is 0 Å². The first-order valence-electron chi connectivity index (χ1n) is 5.81. The Morgan fingerprint density at radius 3 is 2.69 bits per heavy atom. The highest BCUT2D eigenvalue weighted by Crippen LogP contribution is 2.07. The first kappa shape index (κ1) is 12.8. The van der Waals surface area contributed by atoms with Crippen molar-refractivity contribution in [1.82, 2.24) is 10.6 Å². The summed E-state index contributed by atoms with van der Waals surface area (Å²) in [4.78, 5) is 11.1. The normalized spacial score (nSPS) is 10.4. The quantitative estimate of drug-likeness (QED) is 0.689. The van der Waals surface area contributed by atoms with E-state index in [2.05, 4.69) is 17.6 Å². The second-order valence-corrected chi connectivity index (χ2v) is 3.60. The van der Waals surface area contributed by atoms with Crippen molar-refractivity contribution in [3.63, 3.8) is 0 Å². The van der Waals surface area contributed by atoms with E-state index in [4.69, 9.17) is 4.42 Å². The molecule has 0 aliphatic heterocycles. The van der Waals surface area contributed by atoms with Gasteiger partial charge in [0.15, 0.2) is 0 Å². The Bertz CT molecular complexity index is 321. The smallest absolute Gasteiger partial charge is 0.221 e. The maximum Gasteiger partial charge on any atom is 0.221 e. The van der Waals surface area contributed by atoms with E-state index in [1.165, 1.54) is 0 Å². The molecule has 1 aromatic rings. The van der Waals surface area contributed by atoms with Crippen LogP contribution in [0.15, 0.2) is 16.5 Å². The molecule has 0 saturated carbocycles. The number of hydrogen-bond donors (Lipinski definition) is 2. The fraction of sp³-hybridized carbons (Fsp3) is 0.583. The summed E-state index contributed by atoms with van der Waals surface area (Å²) in [5, 5.41) is 5.93. The number of aryl methyl sites for hydroxylation is 1. The van der Waals surface area contributed by atoms with E-state index < -0.39 is 0 Å². The van der Waals surface area contributed by atoms with Crippen LogP contribution < -0.4 is 10.6 Å². The summed E-state index contributed by atoms with van der Waals surface area (Å²) in [5.41, 5.74) is 0. The molecule has 1 amide bonds. The van der Waals surface area contributed by atoms with Gasteiger partial charge in [0, 0.05) is 25.9 Å². The molecule has 0 saturated heterocycles. The van der Waals surface area contributed by atoms with E-state index >= 15 is 0 Å². The van der Waals surface area contributed by atoms with Gasteiger partial charge in [-0.25, -0.2) is 0 Å². The average Bonchev–Trinajstić information content (AvgIpc) is 2.73. The highest BCUT2D eigenvalue weighted by molar-refractivity contribution is 5.75. The summed E-state index contributed by atoms with van der Waals surface area (Å²) >= 11 is 0. The van der Waals surface area contributed by atoms with Crippen molar-refractivity contribution in [1.29, 1.82) is 0 Å². The van der Waals surface area contributed by atoms with E-state index in [0.29, 0.717) is 26.1 Å². The lowest BCUT2D eigenvalue weighted by Crippen LogP contribution is -2.27. The SMILES string of the molecule is CCNC(=O)CCNCc1ccc(CC)o1. The topological polar surface area (TPSA) is 54.3 Å². The van der Waals surface area contributed by atoms with E-state index in [1.807, 2.05) is 19.1 Å². The molecule has 0 spiro atoms. The first-order chi connectivity index (χ1) is 7.76. The van der Waals surface area contributed by atoms with E-state index in [1.54, 1.807) is 0 Å². The standard InChI is InChI=1S/C12H20N2O2/c1-3-10-5-6-11(16-10)9-13-8-7-12(15)14-4-2/h5-6,13H,3-4,7-9H2,1-2H3,(H,14,15). The number of nitrogens with one attached hydrogen (secondary N) is 2. The second kappa shape index (κ2) is 7.06. The van der Waals surface area contributed by atoms with Crippen LogP contribution in [-0.2, 0) is 17.8 Å². The molecule has 0 atom stereocenters. The molecule has 0 unspecified atom stereocenters. The van der Waals surface area contributed by atoms with Crippen molar-refractivity contribution < 1.29 is 9.21 Å². The van der Waals surface area contributed by atoms with Crippen LogP contribution in [-0.4, -0.2) is 19.0 Å². The summed E-state index contributed by atoms with van der Waals surface area (Å²) in [6.45, 7) is 6.02. The van der Waals surface area contributed by atoms with Gasteiger partial charge in [0.1, 0.15) is 11.5 Å². The number of carbonyl (C=O) groups is 1. The van der Waals surface area contributed by atoms with Crippen molar-refractivity contribution in [2.75, 3.05) is 13.1 Å². The molecule has 1 rings (SSSR count). The van der Waals surface area contributed by atoms with Crippen LogP contribution in [0.5, 0.6) is 0 Å². The lowest BCUT2D eigenvalue weighted by molar-refractivity contribution is -0.120. The predicted octanol–water partition coefficient (Wildman–Crippen LogP) is 1.46. The molecule has 0 aromatic carbocycles. The Morgan fingerprint density at radius 1 is 1.31 bits per heavy atom. The van der Waals surface area contributed by atoms with Gasteiger partial charge in [-0.1, -0.05) is 6.92 Å². The van der Waals surface area contributed by atoms with Crippen LogP contribution in [0.1, 0.15) is 31.8 Å². The molecule has 0 fully saturated rings. The Morgan fingerprint density at radius 2 is 2.06 bits per heavy atom. The summed E-state index contributed by atoms with van der Waals surface area (Å²) < 4.78 is 5.52. The maximum atomic E-state index is 11.1. The predicted molar refractivity (Wildman–Crippen MR) is 63.1 cm³/mol. The maximum absolute atomic E-state index is 11.1. The van der Waals surface area contributed by atoms with Crippen LogP contribution in [0.25, 0.3) is 0 Å². The molecule has 16 heavy (non-hydrogen) atoms. The third-order valence-corrected chi connectivity index (χ3v) is 2.27. The summed E-state index contributed by atoms with van der Waals surface area (Å²) in [6.07, 6.45) is 1.42. The van der Waals surface area contributed by atoms with Gasteiger partial charge >= 0.3 is 0 Å². The zero-order valence-electron chi connectivity index (χ0n) is 10.0. The van der Waals surface area contributed by atoms with Crippen LogP contribution in [0.2, 0.25) is 0 Å². The Hall–Kier alpha value is -1.29. The van der Waals surface area contributed by atoms with Gasteiger partial charge in [0.25, 0.3) is 0 Å². The molecule has 90 valence electrons. The molecule has 4 heteroatoms. The fourth-order valence-corrected chi connectivity index (χ4v) is 1.41. The Labute approximate surface area is 96.4 Å². The van der Waals surface area contributed by atoms with Crippen molar-refractivity contribution in [2.24, 2.45) is 0 Å². The van der Waals surface area contributed by atoms with E-state index in [-0.39, 0.29) is 5.91 Å². The van der Waals surface area contributed by atoms with Gasteiger partial charge in [-0.05, 0) is 19.1 Å². The van der Waals surface area contributed by atoms with Crippen LogP contribution >= 0.6 is 0 Å². The van der Waals surface area contributed by atoms with Crippen molar-refractivity contribution in [3.8, 4) is 0 Å². The molecule has 2 N–H and O–H groups in total. The first-order valence-corrected chi connectivity index (χ1v) is 5.81. The van der Waals surface area contributed by atoms with Gasteiger partial charge in [-0.3, -0.25) is 4.79 Å². The van der Waals surface area contributed by atoms with E-state index in [0.717, 1.165) is 17.9 Å². The molecule has 0 aliphatic rings. The lowest BCUT2D eigenvalue weighted by atomic mass is 10.3. The number of rotatable bonds is 7. The fourth-order valence-electron chi connectivity index (χ4n) is 1.41. The summed E-state index contributed by atoms with van der Waals surface area (Å²) in [7, 11) is 0.